The molecular formula is C12H16ClN3O3. The molecule has 1 aromatic rings. The lowest BCUT2D eigenvalue weighted by Gasteiger charge is -2.22. The molecule has 1 atom stereocenters. The van der Waals surface area contributed by atoms with Crippen molar-refractivity contribution in [2.45, 2.75) is 39.3 Å². The molecule has 0 aliphatic rings. The summed E-state index contributed by atoms with van der Waals surface area (Å²) in [6, 6.07) is -0.785. The summed E-state index contributed by atoms with van der Waals surface area (Å²) >= 11 is 5.63. The Kier molecular flexibility index (Phi) is 4.83. The largest absolute Gasteiger partial charge is 0.458 e. The fraction of sp³-hybridized carbons (Fsp3) is 0.500. The molecule has 0 aliphatic carbocycles. The molecule has 0 unspecified atom stereocenters. The van der Waals surface area contributed by atoms with Gasteiger partial charge in [0.15, 0.2) is 0 Å². The molecule has 6 nitrogen and oxygen atoms in total. The highest BCUT2D eigenvalue weighted by Gasteiger charge is 2.23. The number of hydrogen-bond donors (Lipinski definition) is 1. The summed E-state index contributed by atoms with van der Waals surface area (Å²) in [6.45, 7) is 6.79. The van der Waals surface area contributed by atoms with Crippen molar-refractivity contribution in [1.82, 2.24) is 15.3 Å². The molecule has 1 aromatic heterocycles. The molecule has 0 aliphatic heterocycles. The third kappa shape index (κ3) is 5.21. The van der Waals surface area contributed by atoms with E-state index in [2.05, 4.69) is 15.3 Å². The van der Waals surface area contributed by atoms with Crippen LogP contribution in [0.15, 0.2) is 12.4 Å². The number of carbonyl (C=O) groups excluding carboxylic acids is 2. The highest BCUT2D eigenvalue weighted by molar-refractivity contribution is 6.29. The second-order valence-corrected chi connectivity index (χ2v) is 5.34. The minimum absolute atomic E-state index is 0.0444. The number of esters is 1. The molecule has 0 bridgehead atoms. The Morgan fingerprint density at radius 1 is 1.37 bits per heavy atom. The number of carbonyl (C=O) groups is 2. The van der Waals surface area contributed by atoms with Crippen molar-refractivity contribution in [2.75, 3.05) is 0 Å². The third-order valence-electron chi connectivity index (χ3n) is 1.95. The van der Waals surface area contributed by atoms with E-state index < -0.39 is 23.5 Å². The van der Waals surface area contributed by atoms with E-state index in [4.69, 9.17) is 16.3 Å². The summed E-state index contributed by atoms with van der Waals surface area (Å²) in [4.78, 5) is 31.0. The van der Waals surface area contributed by atoms with E-state index in [0.717, 1.165) is 0 Å². The fourth-order valence-corrected chi connectivity index (χ4v) is 1.32. The molecule has 0 fully saturated rings. The van der Waals surface area contributed by atoms with Crippen molar-refractivity contribution >= 4 is 23.5 Å². The van der Waals surface area contributed by atoms with Gasteiger partial charge in [-0.3, -0.25) is 9.78 Å². The van der Waals surface area contributed by atoms with Gasteiger partial charge < -0.3 is 10.1 Å². The molecule has 1 heterocycles. The van der Waals surface area contributed by atoms with Crippen LogP contribution in [0.4, 0.5) is 0 Å². The summed E-state index contributed by atoms with van der Waals surface area (Å²) in [7, 11) is 0. The zero-order valence-electron chi connectivity index (χ0n) is 11.2. The van der Waals surface area contributed by atoms with Crippen LogP contribution < -0.4 is 5.32 Å². The minimum atomic E-state index is -0.785. The highest BCUT2D eigenvalue weighted by atomic mass is 35.5. The molecule has 0 saturated heterocycles. The summed E-state index contributed by atoms with van der Waals surface area (Å²) in [5.41, 5.74) is -0.561. The Labute approximate surface area is 116 Å². The van der Waals surface area contributed by atoms with Crippen molar-refractivity contribution < 1.29 is 14.3 Å². The number of ether oxygens (including phenoxy) is 1. The number of hydrogen-bond acceptors (Lipinski definition) is 5. The number of amides is 1. The Hall–Kier alpha value is -1.69. The first-order valence-electron chi connectivity index (χ1n) is 5.70. The van der Waals surface area contributed by atoms with Gasteiger partial charge in [0, 0.05) is 0 Å². The smallest absolute Gasteiger partial charge is 0.328 e. The number of rotatable bonds is 3. The van der Waals surface area contributed by atoms with E-state index in [1.807, 2.05) is 0 Å². The van der Waals surface area contributed by atoms with Gasteiger partial charge in [0.2, 0.25) is 0 Å². The lowest BCUT2D eigenvalue weighted by atomic mass is 10.2. The van der Waals surface area contributed by atoms with Gasteiger partial charge in [-0.05, 0) is 27.7 Å². The average Bonchev–Trinajstić information content (AvgIpc) is 2.26. The monoisotopic (exact) mass is 285 g/mol. The zero-order valence-corrected chi connectivity index (χ0v) is 12.0. The number of aromatic nitrogens is 2. The number of nitrogens with one attached hydrogen (secondary N) is 1. The Morgan fingerprint density at radius 3 is 2.53 bits per heavy atom. The van der Waals surface area contributed by atoms with E-state index in [1.165, 1.54) is 19.3 Å². The van der Waals surface area contributed by atoms with Crippen molar-refractivity contribution in [3.63, 3.8) is 0 Å². The highest BCUT2D eigenvalue weighted by Crippen LogP contribution is 2.09. The van der Waals surface area contributed by atoms with E-state index in [9.17, 15) is 9.59 Å². The molecule has 7 heteroatoms. The second kappa shape index (κ2) is 5.97. The van der Waals surface area contributed by atoms with Crippen molar-refractivity contribution in [3.05, 3.63) is 23.2 Å². The standard InChI is InChI=1S/C12H16ClN3O3/c1-7(11(18)19-12(2,3)4)15-10(17)8-5-14-6-9(13)16-8/h5-7H,1-4H3,(H,15,17)/t7-/m1/s1. The van der Waals surface area contributed by atoms with Crippen molar-refractivity contribution in [2.24, 2.45) is 0 Å². The van der Waals surface area contributed by atoms with Crippen molar-refractivity contribution in [1.29, 1.82) is 0 Å². The lowest BCUT2D eigenvalue weighted by Crippen LogP contribution is -2.42. The van der Waals surface area contributed by atoms with E-state index in [-0.39, 0.29) is 10.8 Å². The van der Waals surface area contributed by atoms with Gasteiger partial charge in [0.05, 0.1) is 12.4 Å². The number of nitrogens with zero attached hydrogens (tertiary/aromatic N) is 2. The van der Waals surface area contributed by atoms with Gasteiger partial charge in [-0.1, -0.05) is 11.6 Å². The van der Waals surface area contributed by atoms with E-state index in [1.54, 1.807) is 20.8 Å². The summed E-state index contributed by atoms with van der Waals surface area (Å²) in [5.74, 6) is -1.05. The maximum absolute atomic E-state index is 11.8. The molecule has 104 valence electrons. The normalized spacial score (nSPS) is 12.7. The van der Waals surface area contributed by atoms with E-state index >= 15 is 0 Å². The predicted molar refractivity (Wildman–Crippen MR) is 69.8 cm³/mol. The number of halogens is 1. The summed E-state index contributed by atoms with van der Waals surface area (Å²) in [6.07, 6.45) is 2.58. The first-order valence-corrected chi connectivity index (χ1v) is 6.08. The fourth-order valence-electron chi connectivity index (χ4n) is 1.17. The minimum Gasteiger partial charge on any atom is -0.458 e. The molecule has 0 saturated carbocycles. The maximum Gasteiger partial charge on any atom is 0.328 e. The van der Waals surface area contributed by atoms with Gasteiger partial charge in [-0.2, -0.15) is 0 Å². The summed E-state index contributed by atoms with van der Waals surface area (Å²) in [5, 5.41) is 2.58. The van der Waals surface area contributed by atoms with Crippen molar-refractivity contribution in [3.8, 4) is 0 Å². The van der Waals surface area contributed by atoms with Crippen LogP contribution >= 0.6 is 11.6 Å². The first kappa shape index (κ1) is 15.4. The van der Waals surface area contributed by atoms with Crippen LogP contribution in [0.2, 0.25) is 5.15 Å². The van der Waals surface area contributed by atoms with Gasteiger partial charge in [-0.15, -0.1) is 0 Å². The molecule has 1 rings (SSSR count). The van der Waals surface area contributed by atoms with Gasteiger partial charge >= 0.3 is 5.97 Å². The lowest BCUT2D eigenvalue weighted by molar-refractivity contribution is -0.156. The van der Waals surface area contributed by atoms with Gasteiger partial charge in [0.1, 0.15) is 22.5 Å². The molecule has 19 heavy (non-hydrogen) atoms. The topological polar surface area (TPSA) is 81.2 Å². The van der Waals surface area contributed by atoms with Crippen LogP contribution in [-0.4, -0.2) is 33.5 Å². The molecule has 1 N–H and O–H groups in total. The predicted octanol–water partition coefficient (Wildman–Crippen LogP) is 1.59. The van der Waals surface area contributed by atoms with Gasteiger partial charge in [-0.25, -0.2) is 9.78 Å². The van der Waals surface area contributed by atoms with Crippen LogP contribution in [0.5, 0.6) is 0 Å². The molecule has 0 radical (unpaired) electrons. The maximum atomic E-state index is 11.8. The van der Waals surface area contributed by atoms with Crippen LogP contribution in [0, 0.1) is 0 Å². The van der Waals surface area contributed by atoms with Crippen LogP contribution in [0.3, 0.4) is 0 Å². The first-order chi connectivity index (χ1) is 8.69. The average molecular weight is 286 g/mol. The third-order valence-corrected chi connectivity index (χ3v) is 2.13. The molecule has 1 amide bonds. The Morgan fingerprint density at radius 2 is 2.00 bits per heavy atom. The van der Waals surface area contributed by atoms with Crippen LogP contribution in [0.25, 0.3) is 0 Å². The van der Waals surface area contributed by atoms with Gasteiger partial charge in [0.25, 0.3) is 5.91 Å². The van der Waals surface area contributed by atoms with E-state index in [0.29, 0.717) is 0 Å². The second-order valence-electron chi connectivity index (χ2n) is 4.96. The zero-order chi connectivity index (χ0) is 14.6. The molecular weight excluding hydrogens is 270 g/mol. The van der Waals surface area contributed by atoms with Crippen LogP contribution in [-0.2, 0) is 9.53 Å². The Balaban J connectivity index is 2.64. The molecule has 0 spiro atoms. The molecule has 0 aromatic carbocycles. The summed E-state index contributed by atoms with van der Waals surface area (Å²) < 4.78 is 5.14. The quantitative estimate of drug-likeness (QED) is 0.853. The SMILES string of the molecule is C[C@@H](NC(=O)c1cncc(Cl)n1)C(=O)OC(C)(C)C. The van der Waals surface area contributed by atoms with Crippen LogP contribution in [0.1, 0.15) is 38.2 Å². The Bertz CT molecular complexity index is 485.